The van der Waals surface area contributed by atoms with E-state index in [4.69, 9.17) is 5.73 Å². The van der Waals surface area contributed by atoms with Crippen molar-refractivity contribution >= 4 is 5.91 Å². The van der Waals surface area contributed by atoms with Gasteiger partial charge >= 0.3 is 0 Å². The van der Waals surface area contributed by atoms with E-state index in [1.54, 1.807) is 4.68 Å². The SMILES string of the molecule is CCCC[C@H](N)C(=O)Nn1c(C)ccc1C. The van der Waals surface area contributed by atoms with Crippen molar-refractivity contribution in [1.29, 1.82) is 0 Å². The molecular formula is C12H21N3O. The monoisotopic (exact) mass is 223 g/mol. The highest BCUT2D eigenvalue weighted by Crippen LogP contribution is 2.05. The summed E-state index contributed by atoms with van der Waals surface area (Å²) in [4.78, 5) is 11.8. The van der Waals surface area contributed by atoms with Crippen LogP contribution >= 0.6 is 0 Å². The van der Waals surface area contributed by atoms with Crippen molar-refractivity contribution in [2.45, 2.75) is 46.1 Å². The third-order valence-corrected chi connectivity index (χ3v) is 2.70. The fourth-order valence-electron chi connectivity index (χ4n) is 1.59. The maximum absolute atomic E-state index is 11.8. The van der Waals surface area contributed by atoms with E-state index < -0.39 is 6.04 Å². The number of carbonyl (C=O) groups is 1. The molecule has 0 aliphatic carbocycles. The van der Waals surface area contributed by atoms with E-state index in [-0.39, 0.29) is 5.91 Å². The minimum absolute atomic E-state index is 0.115. The van der Waals surface area contributed by atoms with Crippen molar-refractivity contribution in [3.05, 3.63) is 23.5 Å². The number of aryl methyl sites for hydroxylation is 2. The van der Waals surface area contributed by atoms with Gasteiger partial charge in [0.25, 0.3) is 5.91 Å². The van der Waals surface area contributed by atoms with Gasteiger partial charge in [0.15, 0.2) is 0 Å². The number of nitrogens with two attached hydrogens (primary N) is 1. The zero-order chi connectivity index (χ0) is 12.1. The fourth-order valence-corrected chi connectivity index (χ4v) is 1.59. The van der Waals surface area contributed by atoms with E-state index in [0.717, 1.165) is 30.7 Å². The van der Waals surface area contributed by atoms with Crippen LogP contribution in [0.2, 0.25) is 0 Å². The Kier molecular flexibility index (Phi) is 4.55. The molecule has 0 aromatic carbocycles. The van der Waals surface area contributed by atoms with Gasteiger partial charge < -0.3 is 5.73 Å². The van der Waals surface area contributed by atoms with Crippen LogP contribution in [0, 0.1) is 13.8 Å². The number of carbonyl (C=O) groups excluding carboxylic acids is 1. The molecule has 0 bridgehead atoms. The van der Waals surface area contributed by atoms with Gasteiger partial charge in [0.05, 0.1) is 6.04 Å². The van der Waals surface area contributed by atoms with Crippen LogP contribution in [0.15, 0.2) is 12.1 Å². The van der Waals surface area contributed by atoms with E-state index in [2.05, 4.69) is 12.3 Å². The third kappa shape index (κ3) is 3.10. The summed E-state index contributed by atoms with van der Waals surface area (Å²) in [7, 11) is 0. The van der Waals surface area contributed by atoms with Crippen molar-refractivity contribution in [3.63, 3.8) is 0 Å². The zero-order valence-corrected chi connectivity index (χ0v) is 10.3. The second-order valence-corrected chi connectivity index (χ2v) is 4.18. The lowest BCUT2D eigenvalue weighted by molar-refractivity contribution is -0.118. The van der Waals surface area contributed by atoms with Gasteiger partial charge in [-0.05, 0) is 32.4 Å². The maximum atomic E-state index is 11.8. The molecule has 0 spiro atoms. The quantitative estimate of drug-likeness (QED) is 0.798. The molecular weight excluding hydrogens is 202 g/mol. The molecule has 90 valence electrons. The molecule has 1 atom stereocenters. The number of nitrogens with zero attached hydrogens (tertiary/aromatic N) is 1. The Labute approximate surface area is 96.8 Å². The van der Waals surface area contributed by atoms with Crippen LogP contribution in [0.1, 0.15) is 37.6 Å². The first-order valence-electron chi connectivity index (χ1n) is 5.77. The summed E-state index contributed by atoms with van der Waals surface area (Å²) in [6.07, 6.45) is 2.78. The van der Waals surface area contributed by atoms with Gasteiger partial charge in [-0.2, -0.15) is 0 Å². The summed E-state index contributed by atoms with van der Waals surface area (Å²) in [5.74, 6) is -0.115. The highest BCUT2D eigenvalue weighted by atomic mass is 16.2. The van der Waals surface area contributed by atoms with Crippen LogP contribution < -0.4 is 11.2 Å². The molecule has 0 saturated carbocycles. The molecule has 1 heterocycles. The normalized spacial score (nSPS) is 12.5. The number of hydrogen-bond donors (Lipinski definition) is 2. The van der Waals surface area contributed by atoms with Crippen LogP contribution in [0.3, 0.4) is 0 Å². The first-order chi connectivity index (χ1) is 7.56. The highest BCUT2D eigenvalue weighted by molar-refractivity contribution is 5.88. The van der Waals surface area contributed by atoms with Crippen molar-refractivity contribution in [3.8, 4) is 0 Å². The second kappa shape index (κ2) is 5.70. The third-order valence-electron chi connectivity index (χ3n) is 2.70. The van der Waals surface area contributed by atoms with Crippen LogP contribution in [-0.4, -0.2) is 16.6 Å². The van der Waals surface area contributed by atoms with Crippen molar-refractivity contribution in [2.75, 3.05) is 5.43 Å². The average Bonchev–Trinajstić information content (AvgIpc) is 2.57. The van der Waals surface area contributed by atoms with Crippen LogP contribution in [0.5, 0.6) is 0 Å². The van der Waals surface area contributed by atoms with E-state index in [0.29, 0.717) is 0 Å². The number of rotatable bonds is 5. The molecule has 0 aliphatic rings. The van der Waals surface area contributed by atoms with Gasteiger partial charge in [-0.15, -0.1) is 0 Å². The molecule has 1 rings (SSSR count). The van der Waals surface area contributed by atoms with Crippen molar-refractivity contribution < 1.29 is 4.79 Å². The Morgan fingerprint density at radius 1 is 1.44 bits per heavy atom. The number of aromatic nitrogens is 1. The predicted molar refractivity (Wildman–Crippen MR) is 65.8 cm³/mol. The number of nitrogens with one attached hydrogen (secondary N) is 1. The molecule has 0 radical (unpaired) electrons. The molecule has 0 aliphatic heterocycles. The Morgan fingerprint density at radius 2 is 2.00 bits per heavy atom. The molecule has 4 heteroatoms. The second-order valence-electron chi connectivity index (χ2n) is 4.18. The van der Waals surface area contributed by atoms with E-state index in [9.17, 15) is 4.79 Å². The minimum atomic E-state index is -0.416. The molecule has 0 fully saturated rings. The summed E-state index contributed by atoms with van der Waals surface area (Å²) in [5, 5.41) is 0. The largest absolute Gasteiger partial charge is 0.320 e. The van der Waals surface area contributed by atoms with Crippen LogP contribution in [0.25, 0.3) is 0 Å². The van der Waals surface area contributed by atoms with Gasteiger partial charge in [-0.1, -0.05) is 19.8 Å². The van der Waals surface area contributed by atoms with Gasteiger partial charge in [-0.25, -0.2) is 0 Å². The minimum Gasteiger partial charge on any atom is -0.320 e. The zero-order valence-electron chi connectivity index (χ0n) is 10.3. The molecule has 0 saturated heterocycles. The van der Waals surface area contributed by atoms with Gasteiger partial charge in [0.1, 0.15) is 0 Å². The van der Waals surface area contributed by atoms with Crippen LogP contribution in [0.4, 0.5) is 0 Å². The Bertz CT molecular complexity index is 338. The maximum Gasteiger partial charge on any atom is 0.255 e. The predicted octanol–water partition coefficient (Wildman–Crippen LogP) is 1.69. The topological polar surface area (TPSA) is 60.1 Å². The number of unbranched alkanes of at least 4 members (excludes halogenated alkanes) is 1. The lowest BCUT2D eigenvalue weighted by Gasteiger charge is -2.15. The summed E-state index contributed by atoms with van der Waals surface area (Å²) in [6, 6.07) is 3.52. The summed E-state index contributed by atoms with van der Waals surface area (Å²) in [5.41, 5.74) is 10.6. The molecule has 4 nitrogen and oxygen atoms in total. The lowest BCUT2D eigenvalue weighted by Crippen LogP contribution is -2.39. The molecule has 3 N–H and O–H groups in total. The van der Waals surface area contributed by atoms with Gasteiger partial charge in [0.2, 0.25) is 0 Å². The first kappa shape index (κ1) is 12.8. The van der Waals surface area contributed by atoms with Crippen molar-refractivity contribution in [2.24, 2.45) is 5.73 Å². The van der Waals surface area contributed by atoms with E-state index >= 15 is 0 Å². The Balaban J connectivity index is 2.57. The Morgan fingerprint density at radius 3 is 2.50 bits per heavy atom. The van der Waals surface area contributed by atoms with E-state index in [1.165, 1.54) is 0 Å². The molecule has 1 aromatic heterocycles. The first-order valence-corrected chi connectivity index (χ1v) is 5.77. The summed E-state index contributed by atoms with van der Waals surface area (Å²) >= 11 is 0. The molecule has 1 aromatic rings. The standard InChI is InChI=1S/C12H21N3O/c1-4-5-6-11(13)12(16)14-15-9(2)7-8-10(15)3/h7-8,11H,4-6,13H2,1-3H3,(H,14,16)/t11-/m0/s1. The number of hydrogen-bond acceptors (Lipinski definition) is 2. The average molecular weight is 223 g/mol. The Hall–Kier alpha value is -1.29. The summed E-state index contributed by atoms with van der Waals surface area (Å²) in [6.45, 7) is 5.99. The van der Waals surface area contributed by atoms with Gasteiger partial charge in [0, 0.05) is 11.4 Å². The van der Waals surface area contributed by atoms with Crippen LogP contribution in [-0.2, 0) is 4.79 Å². The molecule has 0 unspecified atom stereocenters. The number of amides is 1. The summed E-state index contributed by atoms with van der Waals surface area (Å²) < 4.78 is 1.77. The highest BCUT2D eigenvalue weighted by Gasteiger charge is 2.13. The van der Waals surface area contributed by atoms with Crippen molar-refractivity contribution in [1.82, 2.24) is 4.68 Å². The smallest absolute Gasteiger partial charge is 0.255 e. The fraction of sp³-hybridized carbons (Fsp3) is 0.583. The van der Waals surface area contributed by atoms with Gasteiger partial charge in [-0.3, -0.25) is 14.9 Å². The van der Waals surface area contributed by atoms with E-state index in [1.807, 2.05) is 26.0 Å². The molecule has 16 heavy (non-hydrogen) atoms. The lowest BCUT2D eigenvalue weighted by atomic mass is 10.1. The molecule has 1 amide bonds.